The van der Waals surface area contributed by atoms with Crippen LogP contribution in [0.2, 0.25) is 0 Å². The molecule has 2 aliphatic heterocycles. The van der Waals surface area contributed by atoms with Crippen LogP contribution < -0.4 is 5.32 Å². The van der Waals surface area contributed by atoms with E-state index in [1.54, 1.807) is 16.7 Å². The van der Waals surface area contributed by atoms with Crippen molar-refractivity contribution in [1.82, 2.24) is 10.2 Å². The van der Waals surface area contributed by atoms with E-state index in [2.05, 4.69) is 25.1 Å². The van der Waals surface area contributed by atoms with Gasteiger partial charge in [-0.05, 0) is 17.6 Å². The van der Waals surface area contributed by atoms with Gasteiger partial charge in [-0.25, -0.2) is 4.79 Å². The Bertz CT molecular complexity index is 412. The number of nitrogens with zero attached hydrogens (tertiary/aromatic N) is 1. The third-order valence-corrected chi connectivity index (χ3v) is 4.98. The summed E-state index contributed by atoms with van der Waals surface area (Å²) in [7, 11) is 0. The van der Waals surface area contributed by atoms with Crippen molar-refractivity contribution in [3.05, 3.63) is 0 Å². The van der Waals surface area contributed by atoms with Crippen molar-refractivity contribution in [3.8, 4) is 12.3 Å². The van der Waals surface area contributed by atoms with Crippen LogP contribution in [-0.4, -0.2) is 40.4 Å². The zero-order valence-electron chi connectivity index (χ0n) is 10.2. The topological polar surface area (TPSA) is 56.2 Å². The highest BCUT2D eigenvalue weighted by Gasteiger charge is 2.54. The average Bonchev–Trinajstić information content (AvgIpc) is 2.42. The summed E-state index contributed by atoms with van der Waals surface area (Å²) in [6.07, 6.45) is 6.12. The van der Waals surface area contributed by atoms with Gasteiger partial charge in [0.1, 0.15) is 11.4 Å². The van der Waals surface area contributed by atoms with Crippen molar-refractivity contribution in [3.63, 3.8) is 0 Å². The van der Waals surface area contributed by atoms with Crippen LogP contribution >= 0.6 is 11.8 Å². The minimum Gasteiger partial charge on any atom is -0.300 e. The van der Waals surface area contributed by atoms with E-state index in [0.29, 0.717) is 5.84 Å². The van der Waals surface area contributed by atoms with Gasteiger partial charge < -0.3 is 0 Å². The van der Waals surface area contributed by atoms with Crippen LogP contribution in [0, 0.1) is 23.2 Å². The van der Waals surface area contributed by atoms with Crippen LogP contribution in [0.3, 0.4) is 0 Å². The molecule has 0 aromatic carbocycles. The lowest BCUT2D eigenvalue weighted by Gasteiger charge is -2.45. The van der Waals surface area contributed by atoms with Crippen LogP contribution in [0.15, 0.2) is 0 Å². The van der Waals surface area contributed by atoms with Gasteiger partial charge in [0.25, 0.3) is 0 Å². The Morgan fingerprint density at radius 1 is 1.59 bits per heavy atom. The van der Waals surface area contributed by atoms with E-state index in [9.17, 15) is 4.79 Å². The Morgan fingerprint density at radius 3 is 2.88 bits per heavy atom. The molecule has 1 unspecified atom stereocenters. The highest BCUT2D eigenvalue weighted by atomic mass is 32.2. The van der Waals surface area contributed by atoms with Gasteiger partial charge in [-0.3, -0.25) is 15.6 Å². The zero-order valence-corrected chi connectivity index (χ0v) is 11.0. The highest BCUT2D eigenvalue weighted by Crippen LogP contribution is 2.44. The van der Waals surface area contributed by atoms with Gasteiger partial charge in [-0.15, -0.1) is 6.42 Å². The lowest BCUT2D eigenvalue weighted by molar-refractivity contribution is 0.160. The van der Waals surface area contributed by atoms with Crippen molar-refractivity contribution in [2.24, 2.45) is 5.41 Å². The second-order valence-corrected chi connectivity index (χ2v) is 6.45. The fourth-order valence-electron chi connectivity index (χ4n) is 2.66. The smallest absolute Gasteiger partial charge is 0.300 e. The number of terminal acetylenes is 1. The van der Waals surface area contributed by atoms with Crippen LogP contribution in [-0.2, 0) is 0 Å². The van der Waals surface area contributed by atoms with Crippen molar-refractivity contribution >= 4 is 23.6 Å². The number of hydrogen-bond donors (Lipinski definition) is 2. The molecule has 0 aromatic heterocycles. The van der Waals surface area contributed by atoms with Gasteiger partial charge in [0.05, 0.1) is 6.54 Å². The summed E-state index contributed by atoms with van der Waals surface area (Å²) in [6, 6.07) is -0.230. The molecule has 2 N–H and O–H groups in total. The minimum absolute atomic E-state index is 0.119. The zero-order chi connectivity index (χ0) is 12.7. The van der Waals surface area contributed by atoms with Gasteiger partial charge in [-0.1, -0.05) is 19.8 Å². The first kappa shape index (κ1) is 12.3. The molecule has 2 saturated heterocycles. The lowest BCUT2D eigenvalue weighted by Crippen LogP contribution is -2.56. The molecule has 5 heteroatoms. The summed E-state index contributed by atoms with van der Waals surface area (Å²) < 4.78 is 0. The van der Waals surface area contributed by atoms with E-state index in [-0.39, 0.29) is 18.0 Å². The first-order valence-corrected chi connectivity index (χ1v) is 6.76. The maximum Gasteiger partial charge on any atom is 0.324 e. The van der Waals surface area contributed by atoms with Gasteiger partial charge >= 0.3 is 6.03 Å². The van der Waals surface area contributed by atoms with Crippen LogP contribution in [0.5, 0.6) is 0 Å². The lowest BCUT2D eigenvalue weighted by atomic mass is 9.79. The maximum atomic E-state index is 11.8. The Hall–Kier alpha value is -1.15. The van der Waals surface area contributed by atoms with Crippen LogP contribution in [0.1, 0.15) is 20.3 Å². The van der Waals surface area contributed by atoms with Crippen molar-refractivity contribution < 1.29 is 4.79 Å². The Labute approximate surface area is 106 Å². The second kappa shape index (κ2) is 3.95. The Balaban J connectivity index is 2.35. The first-order chi connectivity index (χ1) is 7.91. The van der Waals surface area contributed by atoms with Crippen molar-refractivity contribution in [2.75, 3.05) is 18.1 Å². The number of nitrogens with one attached hydrogen (secondary N) is 2. The van der Waals surface area contributed by atoms with E-state index < -0.39 is 5.54 Å². The standard InChI is InChI=1S/C12H17N3OS/c1-4-5-15-10(16)14-9(13)12(15)6-11(2,3)7-17-8-12/h1H,5-8H2,2-3H3,(H2,13,14,16). The number of urea groups is 1. The molecular weight excluding hydrogens is 234 g/mol. The predicted octanol–water partition coefficient (Wildman–Crippen LogP) is 1.52. The minimum atomic E-state index is -0.518. The number of carbonyl (C=O) groups is 1. The largest absolute Gasteiger partial charge is 0.324 e. The van der Waals surface area contributed by atoms with Crippen molar-refractivity contribution in [2.45, 2.75) is 25.8 Å². The highest BCUT2D eigenvalue weighted by molar-refractivity contribution is 7.99. The predicted molar refractivity (Wildman–Crippen MR) is 70.3 cm³/mol. The van der Waals surface area contributed by atoms with E-state index in [0.717, 1.165) is 17.9 Å². The second-order valence-electron chi connectivity index (χ2n) is 5.46. The molecule has 2 aliphatic rings. The molecule has 0 radical (unpaired) electrons. The summed E-state index contributed by atoms with van der Waals surface area (Å²) in [5.41, 5.74) is -0.399. The summed E-state index contributed by atoms with van der Waals surface area (Å²) >= 11 is 1.79. The summed E-state index contributed by atoms with van der Waals surface area (Å²) in [6.45, 7) is 4.61. The number of rotatable bonds is 1. The maximum absolute atomic E-state index is 11.8. The molecule has 2 amide bonds. The molecule has 0 aromatic rings. The quantitative estimate of drug-likeness (QED) is 0.694. The van der Waals surface area contributed by atoms with Crippen LogP contribution in [0.4, 0.5) is 4.79 Å². The SMILES string of the molecule is C#CCN1C(=O)NC(=N)C12CSCC(C)(C)C2. The fourth-order valence-corrected chi connectivity index (χ4v) is 4.15. The summed E-state index contributed by atoms with van der Waals surface area (Å²) in [4.78, 5) is 13.5. The normalized spacial score (nSPS) is 31.5. The molecule has 2 rings (SSSR count). The molecule has 4 nitrogen and oxygen atoms in total. The number of amides is 2. The summed E-state index contributed by atoms with van der Waals surface area (Å²) in [5, 5.41) is 10.7. The molecule has 0 bridgehead atoms. The molecular formula is C12H17N3OS. The van der Waals surface area contributed by atoms with E-state index >= 15 is 0 Å². The molecule has 17 heavy (non-hydrogen) atoms. The van der Waals surface area contributed by atoms with Gasteiger partial charge in [0, 0.05) is 5.75 Å². The average molecular weight is 251 g/mol. The monoisotopic (exact) mass is 251 g/mol. The molecule has 2 heterocycles. The van der Waals surface area contributed by atoms with Gasteiger partial charge in [0.2, 0.25) is 0 Å². The molecule has 92 valence electrons. The number of amidine groups is 1. The van der Waals surface area contributed by atoms with Crippen LogP contribution in [0.25, 0.3) is 0 Å². The third kappa shape index (κ3) is 1.91. The third-order valence-electron chi connectivity index (χ3n) is 3.31. The molecule has 1 spiro atoms. The van der Waals surface area contributed by atoms with E-state index in [1.165, 1.54) is 0 Å². The van der Waals surface area contributed by atoms with Gasteiger partial charge in [0.15, 0.2) is 0 Å². The summed E-state index contributed by atoms with van der Waals surface area (Å²) in [5.74, 6) is 4.64. The molecule has 2 fully saturated rings. The first-order valence-electron chi connectivity index (χ1n) is 5.60. The number of carbonyl (C=O) groups excluding carboxylic acids is 1. The van der Waals surface area contributed by atoms with E-state index in [4.69, 9.17) is 11.8 Å². The van der Waals surface area contributed by atoms with Gasteiger partial charge in [-0.2, -0.15) is 11.8 Å². The molecule has 1 atom stereocenters. The number of thioether (sulfide) groups is 1. The molecule has 0 aliphatic carbocycles. The number of hydrogen-bond acceptors (Lipinski definition) is 3. The van der Waals surface area contributed by atoms with E-state index in [1.807, 2.05) is 0 Å². The molecule has 0 saturated carbocycles. The Kier molecular flexibility index (Phi) is 2.86. The fraction of sp³-hybridized carbons (Fsp3) is 0.667. The van der Waals surface area contributed by atoms with Crippen molar-refractivity contribution in [1.29, 1.82) is 5.41 Å². The Morgan fingerprint density at radius 2 is 2.29 bits per heavy atom.